The number of unbranched alkanes of at least 4 members (excludes halogenated alkanes) is 2. The molecule has 38 heavy (non-hydrogen) atoms. The summed E-state index contributed by atoms with van der Waals surface area (Å²) in [7, 11) is 1.44. The Bertz CT molecular complexity index is 792. The van der Waals surface area contributed by atoms with Crippen molar-refractivity contribution in [2.45, 2.75) is 122 Å². The van der Waals surface area contributed by atoms with Gasteiger partial charge in [-0.15, -0.1) is 0 Å². The van der Waals surface area contributed by atoms with E-state index >= 15 is 0 Å². The summed E-state index contributed by atoms with van der Waals surface area (Å²) in [5, 5.41) is 0. The summed E-state index contributed by atoms with van der Waals surface area (Å²) < 4.78 is 29.7. The predicted molar refractivity (Wildman–Crippen MR) is 148 cm³/mol. The number of rotatable bonds is 14. The van der Waals surface area contributed by atoms with Crippen LogP contribution in [0.5, 0.6) is 0 Å². The third-order valence-corrected chi connectivity index (χ3v) is 8.52. The summed E-state index contributed by atoms with van der Waals surface area (Å²) in [4.78, 5) is 11.4. The second-order valence-electron chi connectivity index (χ2n) is 11.4. The minimum absolute atomic E-state index is 0.0719. The van der Waals surface area contributed by atoms with E-state index in [2.05, 4.69) is 37.3 Å². The van der Waals surface area contributed by atoms with Gasteiger partial charge in [-0.05, 0) is 76.0 Å². The molecule has 3 fully saturated rings. The molecule has 0 N–H and O–H groups in total. The molecule has 0 bridgehead atoms. The molecule has 2 heterocycles. The van der Waals surface area contributed by atoms with Crippen LogP contribution < -0.4 is 0 Å². The summed E-state index contributed by atoms with van der Waals surface area (Å²) in [6, 6.07) is 0. The van der Waals surface area contributed by atoms with Gasteiger partial charge in [0.1, 0.15) is 0 Å². The van der Waals surface area contributed by atoms with Crippen LogP contribution in [0.1, 0.15) is 96.8 Å². The van der Waals surface area contributed by atoms with Crippen molar-refractivity contribution in [3.8, 4) is 0 Å². The standard InChI is InChI=1S/C32H50O6/c1-3-4-5-13-26(37-31-15-8-10-19-35-31)17-18-27-28-22-24(12-6-7-14-30(33)34-2)21-25(28)23-29(27)38-32-16-9-11-20-36-32/h6,12,17-18,21,25-29,31-32H,3-5,7-11,13-16,19-20,22-23H2,1-2H3/t25-,26+,27+,28+,29-,31?,32?/m1/s1. The molecule has 2 aliphatic carbocycles. The van der Waals surface area contributed by atoms with E-state index in [4.69, 9.17) is 23.7 Å². The van der Waals surface area contributed by atoms with Crippen LogP contribution in [0.3, 0.4) is 0 Å². The van der Waals surface area contributed by atoms with Crippen molar-refractivity contribution in [2.75, 3.05) is 20.3 Å². The van der Waals surface area contributed by atoms with Gasteiger partial charge in [0.2, 0.25) is 0 Å². The molecule has 4 aliphatic rings. The lowest BCUT2D eigenvalue weighted by Crippen LogP contribution is -2.31. The lowest BCUT2D eigenvalue weighted by molar-refractivity contribution is -0.193. The average Bonchev–Trinajstić information content (AvgIpc) is 3.47. The van der Waals surface area contributed by atoms with Gasteiger partial charge in [0.15, 0.2) is 12.6 Å². The quantitative estimate of drug-likeness (QED) is 0.136. The fourth-order valence-corrected chi connectivity index (χ4v) is 6.41. The van der Waals surface area contributed by atoms with Gasteiger partial charge in [-0.25, -0.2) is 0 Å². The SMILES string of the molecule is CCCCC[C@@H](C=C[C@H]1[C@H]2CC(C=CCCC(=O)OC)=C[C@@H]2C[C@H]1OC1CCCCO1)OC1CCCCO1. The van der Waals surface area contributed by atoms with Gasteiger partial charge in [-0.1, -0.05) is 62.1 Å². The number of allylic oxidation sites excluding steroid dienone is 4. The van der Waals surface area contributed by atoms with Gasteiger partial charge in [-0.2, -0.15) is 0 Å². The van der Waals surface area contributed by atoms with Crippen LogP contribution in [0.4, 0.5) is 0 Å². The molecule has 4 rings (SSSR count). The molecule has 0 aromatic heterocycles. The Morgan fingerprint density at radius 1 is 1.11 bits per heavy atom. The third kappa shape index (κ3) is 9.04. The number of carbonyl (C=O) groups excluding carboxylic acids is 1. The van der Waals surface area contributed by atoms with Gasteiger partial charge in [0, 0.05) is 25.6 Å². The lowest BCUT2D eigenvalue weighted by Gasteiger charge is -2.30. The number of hydrogen-bond acceptors (Lipinski definition) is 6. The maximum atomic E-state index is 11.4. The van der Waals surface area contributed by atoms with Crippen LogP contribution >= 0.6 is 0 Å². The van der Waals surface area contributed by atoms with E-state index in [1.165, 1.54) is 44.8 Å². The zero-order valence-electron chi connectivity index (χ0n) is 23.7. The molecule has 2 saturated heterocycles. The molecule has 0 radical (unpaired) electrons. The zero-order valence-corrected chi connectivity index (χ0v) is 23.7. The van der Waals surface area contributed by atoms with Crippen molar-refractivity contribution in [2.24, 2.45) is 17.8 Å². The number of esters is 1. The molecule has 214 valence electrons. The molecule has 0 amide bonds. The molecular weight excluding hydrogens is 480 g/mol. The Labute approximate surface area is 230 Å². The first-order valence-electron chi connectivity index (χ1n) is 15.3. The lowest BCUT2D eigenvalue weighted by atomic mass is 9.88. The van der Waals surface area contributed by atoms with Crippen LogP contribution in [0.25, 0.3) is 0 Å². The first kappa shape index (κ1) is 29.5. The van der Waals surface area contributed by atoms with Gasteiger partial charge >= 0.3 is 5.97 Å². The smallest absolute Gasteiger partial charge is 0.305 e. The summed E-state index contributed by atoms with van der Waals surface area (Å²) in [6.45, 7) is 3.86. The molecule has 6 heteroatoms. The largest absolute Gasteiger partial charge is 0.469 e. The average molecular weight is 531 g/mol. The molecule has 1 saturated carbocycles. The highest BCUT2D eigenvalue weighted by Gasteiger charge is 2.45. The first-order valence-corrected chi connectivity index (χ1v) is 15.3. The van der Waals surface area contributed by atoms with Crippen LogP contribution in [-0.2, 0) is 28.5 Å². The maximum absolute atomic E-state index is 11.4. The van der Waals surface area contributed by atoms with Crippen molar-refractivity contribution < 1.29 is 28.5 Å². The van der Waals surface area contributed by atoms with E-state index in [1.807, 2.05) is 0 Å². The maximum Gasteiger partial charge on any atom is 0.305 e. The minimum atomic E-state index is -0.156. The molecule has 2 aliphatic heterocycles. The predicted octanol–water partition coefficient (Wildman–Crippen LogP) is 7.04. The van der Waals surface area contributed by atoms with Gasteiger partial charge in [0.05, 0.1) is 19.3 Å². The molecule has 0 spiro atoms. The van der Waals surface area contributed by atoms with Crippen molar-refractivity contribution >= 4 is 5.97 Å². The third-order valence-electron chi connectivity index (χ3n) is 8.52. The Balaban J connectivity index is 1.42. The Morgan fingerprint density at radius 2 is 1.89 bits per heavy atom. The van der Waals surface area contributed by atoms with Gasteiger partial charge in [-0.3, -0.25) is 4.79 Å². The summed E-state index contributed by atoms with van der Waals surface area (Å²) in [5.74, 6) is 1.23. The van der Waals surface area contributed by atoms with Crippen LogP contribution in [-0.4, -0.2) is 51.1 Å². The first-order chi connectivity index (χ1) is 18.7. The normalized spacial score (nSPS) is 32.5. The van der Waals surface area contributed by atoms with Crippen LogP contribution in [0, 0.1) is 17.8 Å². The van der Waals surface area contributed by atoms with Crippen molar-refractivity contribution in [3.63, 3.8) is 0 Å². The fourth-order valence-electron chi connectivity index (χ4n) is 6.41. The van der Waals surface area contributed by atoms with Gasteiger partial charge in [0.25, 0.3) is 0 Å². The Kier molecular flexibility index (Phi) is 12.4. The zero-order chi connectivity index (χ0) is 26.6. The molecule has 7 atom stereocenters. The number of hydrogen-bond donors (Lipinski definition) is 0. The van der Waals surface area contributed by atoms with Crippen LogP contribution in [0.15, 0.2) is 36.0 Å². The Morgan fingerprint density at radius 3 is 2.61 bits per heavy atom. The second-order valence-corrected chi connectivity index (χ2v) is 11.4. The summed E-state index contributed by atoms with van der Waals surface area (Å²) in [6.07, 6.45) is 26.1. The molecule has 6 nitrogen and oxygen atoms in total. The Hall–Kier alpha value is -1.47. The molecule has 0 aromatic rings. The van der Waals surface area contributed by atoms with E-state index in [0.717, 1.165) is 58.2 Å². The van der Waals surface area contributed by atoms with E-state index < -0.39 is 0 Å². The van der Waals surface area contributed by atoms with E-state index in [1.54, 1.807) is 0 Å². The molecule has 0 aromatic carbocycles. The van der Waals surface area contributed by atoms with Gasteiger partial charge < -0.3 is 23.7 Å². The molecule has 2 unspecified atom stereocenters. The highest BCUT2D eigenvalue weighted by atomic mass is 16.7. The topological polar surface area (TPSA) is 63.2 Å². The monoisotopic (exact) mass is 530 g/mol. The fraction of sp³-hybridized carbons (Fsp3) is 0.781. The second kappa shape index (κ2) is 16.0. The summed E-state index contributed by atoms with van der Waals surface area (Å²) in [5.41, 5.74) is 1.38. The highest BCUT2D eigenvalue weighted by molar-refractivity contribution is 5.69. The van der Waals surface area contributed by atoms with E-state index in [0.29, 0.717) is 30.6 Å². The van der Waals surface area contributed by atoms with Crippen molar-refractivity contribution in [3.05, 3.63) is 36.0 Å². The summed E-state index contributed by atoms with van der Waals surface area (Å²) >= 11 is 0. The van der Waals surface area contributed by atoms with E-state index in [9.17, 15) is 4.79 Å². The number of carbonyl (C=O) groups is 1. The number of ether oxygens (including phenoxy) is 5. The van der Waals surface area contributed by atoms with Crippen LogP contribution in [0.2, 0.25) is 0 Å². The number of methoxy groups -OCH3 is 1. The van der Waals surface area contributed by atoms with Crippen molar-refractivity contribution in [1.82, 2.24) is 0 Å². The van der Waals surface area contributed by atoms with Crippen molar-refractivity contribution in [1.29, 1.82) is 0 Å². The number of fused-ring (bicyclic) bond motifs is 1. The van der Waals surface area contributed by atoms with E-state index in [-0.39, 0.29) is 30.8 Å². The minimum Gasteiger partial charge on any atom is -0.469 e. The highest BCUT2D eigenvalue weighted by Crippen LogP contribution is 2.49. The molecular formula is C32H50O6.